The molecule has 2 aliphatic heterocycles. The molecule has 3 nitrogen and oxygen atoms in total. The van der Waals surface area contributed by atoms with Gasteiger partial charge in [-0.3, -0.25) is 0 Å². The van der Waals surface area contributed by atoms with Crippen molar-refractivity contribution >= 4 is 11.6 Å². The summed E-state index contributed by atoms with van der Waals surface area (Å²) in [6.07, 6.45) is 2.71. The maximum atomic E-state index is 10.7. The van der Waals surface area contributed by atoms with Crippen molar-refractivity contribution in [2.75, 3.05) is 0 Å². The van der Waals surface area contributed by atoms with Gasteiger partial charge in [0.1, 0.15) is 5.60 Å². The molecule has 1 saturated carbocycles. The quantitative estimate of drug-likeness (QED) is 0.667. The molecule has 6 unspecified atom stereocenters. The van der Waals surface area contributed by atoms with E-state index in [2.05, 4.69) is 13.8 Å². The van der Waals surface area contributed by atoms with E-state index in [1.165, 1.54) is 0 Å². The van der Waals surface area contributed by atoms with Crippen molar-refractivity contribution in [1.82, 2.24) is 0 Å². The summed E-state index contributed by atoms with van der Waals surface area (Å²) < 4.78 is 5.82. The Labute approximate surface area is 113 Å². The van der Waals surface area contributed by atoms with E-state index in [1.54, 1.807) is 6.92 Å². The molecule has 4 heteroatoms. The standard InChI is InChI=1S/C14H23ClO3/c1-12(2)7-9-8(12)6-10(15)13(3,16)11-4-5-14(9,17)18-11/h8-11,16-17H,4-7H2,1-3H3. The monoisotopic (exact) mass is 274 g/mol. The van der Waals surface area contributed by atoms with E-state index in [-0.39, 0.29) is 22.8 Å². The molecule has 0 spiro atoms. The fraction of sp³-hybridized carbons (Fsp3) is 1.00. The molecule has 2 saturated heterocycles. The van der Waals surface area contributed by atoms with Gasteiger partial charge in [0.2, 0.25) is 0 Å². The lowest BCUT2D eigenvalue weighted by atomic mass is 9.51. The van der Waals surface area contributed by atoms with E-state index >= 15 is 0 Å². The van der Waals surface area contributed by atoms with Gasteiger partial charge in [0.15, 0.2) is 5.79 Å². The third-order valence-corrected chi connectivity index (χ3v) is 6.29. The molecule has 0 amide bonds. The van der Waals surface area contributed by atoms with Crippen molar-refractivity contribution in [2.45, 2.75) is 69.3 Å². The normalized spacial score (nSPS) is 58.3. The van der Waals surface area contributed by atoms with Crippen LogP contribution < -0.4 is 0 Å². The molecule has 2 N–H and O–H groups in total. The average molecular weight is 275 g/mol. The van der Waals surface area contributed by atoms with Crippen LogP contribution in [0.25, 0.3) is 0 Å². The summed E-state index contributed by atoms with van der Waals surface area (Å²) in [5.74, 6) is -0.531. The Morgan fingerprint density at radius 1 is 1.17 bits per heavy atom. The second-order valence-electron chi connectivity index (χ2n) is 7.32. The van der Waals surface area contributed by atoms with Crippen molar-refractivity contribution in [3.63, 3.8) is 0 Å². The van der Waals surface area contributed by atoms with Crippen LogP contribution in [-0.2, 0) is 4.74 Å². The minimum absolute atomic E-state index is 0.176. The first kappa shape index (κ1) is 13.2. The third kappa shape index (κ3) is 1.60. The Morgan fingerprint density at radius 3 is 2.44 bits per heavy atom. The van der Waals surface area contributed by atoms with E-state index in [0.29, 0.717) is 18.8 Å². The zero-order valence-electron chi connectivity index (χ0n) is 11.3. The van der Waals surface area contributed by atoms with Crippen LogP contribution in [0, 0.1) is 17.3 Å². The molecule has 3 rings (SSSR count). The Kier molecular flexibility index (Phi) is 2.65. The lowest BCUT2D eigenvalue weighted by molar-refractivity contribution is -0.303. The molecular formula is C14H23ClO3. The van der Waals surface area contributed by atoms with Crippen LogP contribution in [0.1, 0.15) is 46.5 Å². The molecule has 0 aromatic carbocycles. The Morgan fingerprint density at radius 2 is 1.83 bits per heavy atom. The van der Waals surface area contributed by atoms with Gasteiger partial charge in [0, 0.05) is 12.3 Å². The largest absolute Gasteiger partial charge is 0.386 e. The number of alkyl halides is 1. The van der Waals surface area contributed by atoms with Gasteiger partial charge in [-0.15, -0.1) is 11.6 Å². The second kappa shape index (κ2) is 3.63. The lowest BCUT2D eigenvalue weighted by Crippen LogP contribution is -2.61. The molecule has 3 fully saturated rings. The topological polar surface area (TPSA) is 49.7 Å². The molecule has 6 atom stereocenters. The Bertz CT molecular complexity index is 368. The molecule has 0 aromatic heterocycles. The van der Waals surface area contributed by atoms with Crippen LogP contribution in [0.2, 0.25) is 0 Å². The maximum Gasteiger partial charge on any atom is 0.169 e. The Balaban J connectivity index is 1.95. The zero-order valence-corrected chi connectivity index (χ0v) is 12.1. The van der Waals surface area contributed by atoms with E-state index in [1.807, 2.05) is 0 Å². The first-order valence-corrected chi connectivity index (χ1v) is 7.37. The van der Waals surface area contributed by atoms with Crippen molar-refractivity contribution in [2.24, 2.45) is 17.3 Å². The summed E-state index contributed by atoms with van der Waals surface area (Å²) in [7, 11) is 0. The molecule has 0 aromatic rings. The van der Waals surface area contributed by atoms with Crippen LogP contribution in [0.4, 0.5) is 0 Å². The highest BCUT2D eigenvalue weighted by Crippen LogP contribution is 2.62. The highest BCUT2D eigenvalue weighted by molar-refractivity contribution is 6.21. The number of hydrogen-bond donors (Lipinski definition) is 2. The number of rotatable bonds is 0. The summed E-state index contributed by atoms with van der Waals surface area (Å²) in [6.45, 7) is 6.17. The number of fused-ring (bicyclic) bond motifs is 4. The molecule has 2 heterocycles. The van der Waals surface area contributed by atoms with Crippen LogP contribution in [0.15, 0.2) is 0 Å². The predicted molar refractivity (Wildman–Crippen MR) is 69.3 cm³/mol. The summed E-state index contributed by atoms with van der Waals surface area (Å²) in [5, 5.41) is 21.0. The second-order valence-corrected chi connectivity index (χ2v) is 7.85. The van der Waals surface area contributed by atoms with Gasteiger partial charge in [-0.2, -0.15) is 0 Å². The van der Waals surface area contributed by atoms with E-state index < -0.39 is 11.4 Å². The first-order valence-electron chi connectivity index (χ1n) is 6.93. The zero-order chi connectivity index (χ0) is 13.3. The molecule has 3 aliphatic rings. The maximum absolute atomic E-state index is 10.7. The third-order valence-electron chi connectivity index (χ3n) is 5.67. The highest BCUT2D eigenvalue weighted by atomic mass is 35.5. The molecule has 18 heavy (non-hydrogen) atoms. The predicted octanol–water partition coefficient (Wildman–Crippen LogP) is 2.28. The fourth-order valence-electron chi connectivity index (χ4n) is 4.25. The Hall–Kier alpha value is 0.170. The van der Waals surface area contributed by atoms with Gasteiger partial charge >= 0.3 is 0 Å². The van der Waals surface area contributed by atoms with Gasteiger partial charge < -0.3 is 14.9 Å². The molecule has 1 aliphatic carbocycles. The molecule has 2 bridgehead atoms. The SMILES string of the molecule is CC1(C)CC2C1CC(Cl)C(C)(O)C1CCC2(O)O1. The van der Waals surface area contributed by atoms with Gasteiger partial charge in [-0.05, 0) is 37.5 Å². The van der Waals surface area contributed by atoms with Crippen molar-refractivity contribution < 1.29 is 14.9 Å². The van der Waals surface area contributed by atoms with E-state index in [9.17, 15) is 10.2 Å². The van der Waals surface area contributed by atoms with Gasteiger partial charge in [0.25, 0.3) is 0 Å². The number of ether oxygens (including phenoxy) is 1. The van der Waals surface area contributed by atoms with E-state index in [4.69, 9.17) is 16.3 Å². The lowest BCUT2D eigenvalue weighted by Gasteiger charge is -2.58. The van der Waals surface area contributed by atoms with Crippen LogP contribution in [-0.4, -0.2) is 33.1 Å². The minimum Gasteiger partial charge on any atom is -0.386 e. The van der Waals surface area contributed by atoms with E-state index in [0.717, 1.165) is 12.8 Å². The number of hydrogen-bond acceptors (Lipinski definition) is 3. The van der Waals surface area contributed by atoms with Gasteiger partial charge in [-0.25, -0.2) is 0 Å². The summed E-state index contributed by atoms with van der Waals surface area (Å²) in [6, 6.07) is 0. The molecule has 0 radical (unpaired) electrons. The van der Waals surface area contributed by atoms with Crippen LogP contribution >= 0.6 is 11.6 Å². The number of halogens is 1. The smallest absolute Gasteiger partial charge is 0.169 e. The van der Waals surface area contributed by atoms with Gasteiger partial charge in [-0.1, -0.05) is 13.8 Å². The minimum atomic E-state index is -1.05. The first-order chi connectivity index (χ1) is 8.17. The summed E-state index contributed by atoms with van der Waals surface area (Å²) >= 11 is 6.43. The van der Waals surface area contributed by atoms with Crippen molar-refractivity contribution in [3.8, 4) is 0 Å². The highest BCUT2D eigenvalue weighted by Gasteiger charge is 2.63. The van der Waals surface area contributed by atoms with Crippen molar-refractivity contribution in [3.05, 3.63) is 0 Å². The number of aliphatic hydroxyl groups is 2. The summed E-state index contributed by atoms with van der Waals surface area (Å²) in [5.41, 5.74) is -0.870. The molecular weight excluding hydrogens is 252 g/mol. The summed E-state index contributed by atoms with van der Waals surface area (Å²) in [4.78, 5) is 0. The van der Waals surface area contributed by atoms with Crippen LogP contribution in [0.3, 0.4) is 0 Å². The van der Waals surface area contributed by atoms with Crippen molar-refractivity contribution in [1.29, 1.82) is 0 Å². The van der Waals surface area contributed by atoms with Gasteiger partial charge in [0.05, 0.1) is 11.5 Å². The fourth-order valence-corrected chi connectivity index (χ4v) is 4.58. The average Bonchev–Trinajstić information content (AvgIpc) is 2.66. The molecule has 104 valence electrons. The van der Waals surface area contributed by atoms with Crippen LogP contribution in [0.5, 0.6) is 0 Å².